The normalized spacial score (nSPS) is 13.3. The van der Waals surface area contributed by atoms with Gasteiger partial charge in [-0.15, -0.1) is 0 Å². The summed E-state index contributed by atoms with van der Waals surface area (Å²) in [5.41, 5.74) is 1.46. The van der Waals surface area contributed by atoms with Gasteiger partial charge >= 0.3 is 0 Å². The Morgan fingerprint density at radius 2 is 1.18 bits per heavy atom. The van der Waals surface area contributed by atoms with Crippen molar-refractivity contribution in [1.29, 1.82) is 0 Å². The molecule has 0 saturated heterocycles. The predicted octanol–water partition coefficient (Wildman–Crippen LogP) is 11.2. The number of rotatable bonds is 24. The molecule has 2 aromatic carbocycles. The predicted molar refractivity (Wildman–Crippen MR) is 197 cm³/mol. The van der Waals surface area contributed by atoms with Crippen molar-refractivity contribution in [3.8, 4) is 17.2 Å². The molecule has 4 unspecified atom stereocenters. The molecule has 0 aliphatic rings. The molecule has 0 bridgehead atoms. The van der Waals surface area contributed by atoms with Gasteiger partial charge in [-0.1, -0.05) is 123 Å². The van der Waals surface area contributed by atoms with Crippen LogP contribution in [0.5, 0.6) is 17.2 Å². The summed E-state index contributed by atoms with van der Waals surface area (Å²) in [6.45, 7) is 17.2. The van der Waals surface area contributed by atoms with Crippen LogP contribution in [-0.2, 0) is 0 Å². The van der Waals surface area contributed by atoms with E-state index in [1.807, 2.05) is 31.2 Å². The molecule has 0 aliphatic heterocycles. The molecule has 0 fully saturated rings. The molecule has 45 heavy (non-hydrogen) atoms. The summed E-state index contributed by atoms with van der Waals surface area (Å²) in [6, 6.07) is 9.61. The minimum Gasteiger partial charge on any atom is -0.493 e. The number of ether oxygens (including phenoxy) is 3. The Morgan fingerprint density at radius 3 is 1.58 bits per heavy atom. The second-order valence-electron chi connectivity index (χ2n) is 12.4. The quantitative estimate of drug-likeness (QED) is 0.0835. The summed E-state index contributed by atoms with van der Waals surface area (Å²) >= 11 is 6.56. The van der Waals surface area contributed by atoms with E-state index < -0.39 is 0 Å². The monoisotopic (exact) mass is 653 g/mol. The molecule has 1 radical (unpaired) electrons. The van der Waals surface area contributed by atoms with Gasteiger partial charge in [0.2, 0.25) is 0 Å². The zero-order chi connectivity index (χ0) is 32.3. The van der Waals surface area contributed by atoms with Crippen LogP contribution in [0.2, 0.25) is 5.02 Å². The van der Waals surface area contributed by atoms with Crippen molar-refractivity contribution >= 4 is 49.9 Å². The Kier molecular flexibility index (Phi) is 22.4. The molecule has 2 rings (SSSR count). The van der Waals surface area contributed by atoms with Crippen LogP contribution in [0.4, 0.5) is 0 Å². The van der Waals surface area contributed by atoms with Crippen LogP contribution in [-0.4, -0.2) is 44.2 Å². The van der Waals surface area contributed by atoms with Gasteiger partial charge in [-0.2, -0.15) is 0 Å². The van der Waals surface area contributed by atoms with E-state index in [9.17, 15) is 4.79 Å². The Labute approximate surface area is 294 Å². The van der Waals surface area contributed by atoms with Crippen molar-refractivity contribution in [1.82, 2.24) is 0 Å². The van der Waals surface area contributed by atoms with E-state index in [2.05, 4.69) is 41.5 Å². The van der Waals surface area contributed by atoms with Crippen molar-refractivity contribution in [3.05, 3.63) is 46.5 Å². The fourth-order valence-electron chi connectivity index (χ4n) is 5.42. The topological polar surface area (TPSA) is 44.8 Å². The molecule has 4 atom stereocenters. The minimum atomic E-state index is -0.179. The van der Waals surface area contributed by atoms with Crippen LogP contribution in [0.15, 0.2) is 30.3 Å². The fourth-order valence-corrected chi connectivity index (χ4v) is 7.03. The summed E-state index contributed by atoms with van der Waals surface area (Å²) in [5.74, 6) is 3.58. The number of hydrogen-bond donors (Lipinski definition) is 0. The molecule has 2 aromatic rings. The number of hydrogen-bond acceptors (Lipinski definition) is 4. The SMILES string of the molecule is CCCCC(CC)COc1cc(OCC(CC)CCCC)c(PC(=O)c2c(C)cccc2Cl)c(OCC(CC)CCCC)c1.[Li]. The van der Waals surface area contributed by atoms with E-state index in [0.717, 1.165) is 55.1 Å². The van der Waals surface area contributed by atoms with Gasteiger partial charge in [0.25, 0.3) is 0 Å². The molecule has 249 valence electrons. The molecule has 0 amide bonds. The molecule has 0 heterocycles. The first-order valence-electron chi connectivity index (χ1n) is 17.4. The summed E-state index contributed by atoms with van der Waals surface area (Å²) in [7, 11) is -0.179. The number of unbranched alkanes of at least 4 members (excludes halogenated alkanes) is 3. The number of aryl methyl sites for hydroxylation is 1. The molecule has 0 spiro atoms. The van der Waals surface area contributed by atoms with Gasteiger partial charge in [0.05, 0.1) is 30.1 Å². The molecule has 0 saturated carbocycles. The van der Waals surface area contributed by atoms with Crippen LogP contribution in [0.3, 0.4) is 0 Å². The number of carbonyl (C=O) groups excluding carboxylic acids is 1. The Bertz CT molecular complexity index is 1050. The summed E-state index contributed by atoms with van der Waals surface area (Å²) in [6.07, 6.45) is 13.7. The van der Waals surface area contributed by atoms with Crippen molar-refractivity contribution in [2.75, 3.05) is 19.8 Å². The second kappa shape index (κ2) is 24.0. The van der Waals surface area contributed by atoms with Gasteiger partial charge in [-0.25, -0.2) is 0 Å². The molecule has 4 nitrogen and oxygen atoms in total. The smallest absolute Gasteiger partial charge is 0.187 e. The molecular formula is C38H60ClLiO4P. The van der Waals surface area contributed by atoms with E-state index in [0.29, 0.717) is 59.7 Å². The average Bonchev–Trinajstić information content (AvgIpc) is 3.02. The second-order valence-corrected chi connectivity index (χ2v) is 14.0. The van der Waals surface area contributed by atoms with Crippen LogP contribution in [0, 0.1) is 24.7 Å². The first kappa shape index (κ1) is 41.9. The van der Waals surface area contributed by atoms with Crippen LogP contribution >= 0.6 is 20.2 Å². The van der Waals surface area contributed by atoms with Gasteiger partial charge in [0, 0.05) is 36.6 Å². The van der Waals surface area contributed by atoms with Crippen LogP contribution < -0.4 is 19.5 Å². The average molecular weight is 654 g/mol. The van der Waals surface area contributed by atoms with Crippen molar-refractivity contribution in [2.24, 2.45) is 17.8 Å². The van der Waals surface area contributed by atoms with Crippen LogP contribution in [0.25, 0.3) is 0 Å². The zero-order valence-electron chi connectivity index (χ0n) is 29.7. The largest absolute Gasteiger partial charge is 0.493 e. The van der Waals surface area contributed by atoms with Gasteiger partial charge in [0.1, 0.15) is 17.2 Å². The van der Waals surface area contributed by atoms with Crippen molar-refractivity contribution in [2.45, 2.75) is 126 Å². The summed E-state index contributed by atoms with van der Waals surface area (Å²) in [5, 5.41) is 1.30. The van der Waals surface area contributed by atoms with Crippen LogP contribution in [0.1, 0.15) is 135 Å². The molecule has 0 aromatic heterocycles. The maximum absolute atomic E-state index is 13.9. The van der Waals surface area contributed by atoms with Gasteiger partial charge in [-0.05, 0) is 64.2 Å². The zero-order valence-corrected chi connectivity index (χ0v) is 31.5. The number of benzene rings is 2. The van der Waals surface area contributed by atoms with E-state index in [1.165, 1.54) is 38.5 Å². The first-order chi connectivity index (χ1) is 21.3. The van der Waals surface area contributed by atoms with E-state index in [-0.39, 0.29) is 33.0 Å². The Hall–Kier alpha value is -1.17. The van der Waals surface area contributed by atoms with E-state index in [1.54, 1.807) is 6.07 Å². The Balaban J connectivity index is 0.0000101. The first-order valence-corrected chi connectivity index (χ1v) is 18.8. The molecule has 0 aliphatic carbocycles. The van der Waals surface area contributed by atoms with Gasteiger partial charge in [0.15, 0.2) is 5.52 Å². The van der Waals surface area contributed by atoms with Gasteiger partial charge < -0.3 is 14.2 Å². The molecule has 0 N–H and O–H groups in total. The minimum absolute atomic E-state index is 0. The molecular weight excluding hydrogens is 594 g/mol. The van der Waals surface area contributed by atoms with Gasteiger partial charge in [-0.3, -0.25) is 4.79 Å². The van der Waals surface area contributed by atoms with E-state index >= 15 is 0 Å². The fraction of sp³-hybridized carbons (Fsp3) is 0.658. The third kappa shape index (κ3) is 14.6. The Morgan fingerprint density at radius 1 is 0.733 bits per heavy atom. The maximum Gasteiger partial charge on any atom is 0.187 e. The van der Waals surface area contributed by atoms with Crippen molar-refractivity contribution < 1.29 is 19.0 Å². The van der Waals surface area contributed by atoms with E-state index in [4.69, 9.17) is 25.8 Å². The summed E-state index contributed by atoms with van der Waals surface area (Å²) < 4.78 is 19.7. The van der Waals surface area contributed by atoms with Crippen molar-refractivity contribution in [3.63, 3.8) is 0 Å². The number of halogens is 1. The maximum atomic E-state index is 13.9. The third-order valence-electron chi connectivity index (χ3n) is 8.79. The number of carbonyl (C=O) groups is 1. The summed E-state index contributed by atoms with van der Waals surface area (Å²) in [4.78, 5) is 13.9. The third-order valence-corrected chi connectivity index (χ3v) is 10.3. The molecule has 7 heteroatoms. The standard InChI is InChI=1S/C38H60ClO4P.Li/c1-8-14-19-29(11-4)25-41-32-23-34(42-26-30(12-5)20-15-9-2)37(35(24-32)43-27-31(13-6)21-16-10-3)44-38(40)36-28(7)18-17-22-33(36)39;/h17-18,22-24,29-31,44H,8-16,19-21,25-27H2,1-7H3;.